The molecule has 0 amide bonds. The van der Waals surface area contributed by atoms with Crippen molar-refractivity contribution in [3.63, 3.8) is 0 Å². The van der Waals surface area contributed by atoms with Gasteiger partial charge in [0.25, 0.3) is 5.69 Å². The molecule has 2 rings (SSSR count). The Morgan fingerprint density at radius 3 is 2.62 bits per heavy atom. The van der Waals surface area contributed by atoms with E-state index in [2.05, 4.69) is 5.32 Å². The van der Waals surface area contributed by atoms with Crippen LogP contribution in [0.3, 0.4) is 0 Å². The minimum Gasteiger partial charge on any atom is -0.487 e. The molecule has 0 unspecified atom stereocenters. The molecule has 110 valence electrons. The molecule has 5 nitrogen and oxygen atoms in total. The van der Waals surface area contributed by atoms with Crippen molar-refractivity contribution in [2.75, 3.05) is 7.05 Å². The largest absolute Gasteiger partial charge is 0.487 e. The first-order chi connectivity index (χ1) is 10.1. The first kappa shape index (κ1) is 15.3. The van der Waals surface area contributed by atoms with Crippen molar-refractivity contribution in [2.45, 2.75) is 13.2 Å². The third kappa shape index (κ3) is 3.71. The number of rotatable bonds is 6. The summed E-state index contributed by atoms with van der Waals surface area (Å²) in [5.41, 5.74) is 1.46. The van der Waals surface area contributed by atoms with Crippen LogP contribution in [0.5, 0.6) is 5.75 Å². The molecule has 0 saturated carbocycles. The number of ether oxygens (including phenoxy) is 1. The lowest BCUT2D eigenvalue weighted by atomic mass is 10.2. The van der Waals surface area contributed by atoms with E-state index in [4.69, 9.17) is 16.3 Å². The minimum absolute atomic E-state index is 0.0414. The summed E-state index contributed by atoms with van der Waals surface area (Å²) in [5.74, 6) is 0.548. The number of benzene rings is 2. The summed E-state index contributed by atoms with van der Waals surface area (Å²) in [6.45, 7) is 0.699. The first-order valence-corrected chi connectivity index (χ1v) is 6.78. The minimum atomic E-state index is -0.417. The predicted octanol–water partition coefficient (Wildman–Crippen LogP) is 3.55. The average Bonchev–Trinajstić information content (AvgIpc) is 2.47. The Hall–Kier alpha value is -2.11. The van der Waals surface area contributed by atoms with Crippen LogP contribution in [-0.4, -0.2) is 12.0 Å². The van der Waals surface area contributed by atoms with Crippen molar-refractivity contribution in [1.29, 1.82) is 0 Å². The van der Waals surface area contributed by atoms with Crippen molar-refractivity contribution in [2.24, 2.45) is 0 Å². The number of nitro benzene ring substituents is 1. The van der Waals surface area contributed by atoms with Crippen molar-refractivity contribution >= 4 is 17.3 Å². The topological polar surface area (TPSA) is 64.4 Å². The Morgan fingerprint density at radius 1 is 1.19 bits per heavy atom. The molecule has 2 aromatic carbocycles. The van der Waals surface area contributed by atoms with Crippen LogP contribution in [0.2, 0.25) is 5.02 Å². The maximum Gasteiger partial charge on any atom is 0.276 e. The van der Waals surface area contributed by atoms with E-state index in [-0.39, 0.29) is 12.3 Å². The molecule has 6 heteroatoms. The number of hydrogen-bond donors (Lipinski definition) is 1. The molecular weight excluding hydrogens is 292 g/mol. The maximum atomic E-state index is 11.0. The van der Waals surface area contributed by atoms with E-state index in [1.165, 1.54) is 6.07 Å². The highest BCUT2D eigenvalue weighted by Gasteiger charge is 2.14. The summed E-state index contributed by atoms with van der Waals surface area (Å²) in [6.07, 6.45) is 0. The van der Waals surface area contributed by atoms with Gasteiger partial charge in [0.2, 0.25) is 0 Å². The zero-order valence-corrected chi connectivity index (χ0v) is 12.3. The first-order valence-electron chi connectivity index (χ1n) is 6.40. The van der Waals surface area contributed by atoms with Gasteiger partial charge in [-0.2, -0.15) is 0 Å². The summed E-state index contributed by atoms with van der Waals surface area (Å²) in [4.78, 5) is 10.6. The molecule has 0 spiro atoms. The Labute approximate surface area is 127 Å². The van der Waals surface area contributed by atoms with Gasteiger partial charge in [-0.25, -0.2) is 0 Å². The zero-order valence-electron chi connectivity index (χ0n) is 11.5. The molecule has 0 radical (unpaired) electrons. The second-order valence-electron chi connectivity index (χ2n) is 4.43. The quantitative estimate of drug-likeness (QED) is 0.655. The van der Waals surface area contributed by atoms with E-state index in [0.717, 1.165) is 5.56 Å². The molecule has 0 aliphatic rings. The summed E-state index contributed by atoms with van der Waals surface area (Å²) in [6, 6.07) is 12.0. The Morgan fingerprint density at radius 2 is 1.90 bits per heavy atom. The standard InChI is InChI=1S/C15H15ClN2O3/c1-17-9-11-6-4-7-13(16)15(11)21-10-12-5-2-3-8-14(12)18(19)20/h2-8,17H,9-10H2,1H3. The van der Waals surface area contributed by atoms with E-state index >= 15 is 0 Å². The van der Waals surface area contributed by atoms with Crippen molar-refractivity contribution in [3.05, 3.63) is 68.7 Å². The van der Waals surface area contributed by atoms with Gasteiger partial charge in [0.1, 0.15) is 12.4 Å². The smallest absolute Gasteiger partial charge is 0.276 e. The number of nitro groups is 1. The highest BCUT2D eigenvalue weighted by molar-refractivity contribution is 6.32. The summed E-state index contributed by atoms with van der Waals surface area (Å²) < 4.78 is 5.72. The van der Waals surface area contributed by atoms with E-state index in [0.29, 0.717) is 22.9 Å². The van der Waals surface area contributed by atoms with Gasteiger partial charge >= 0.3 is 0 Å². The van der Waals surface area contributed by atoms with Crippen LogP contribution in [0.25, 0.3) is 0 Å². The normalized spacial score (nSPS) is 10.4. The molecule has 1 N–H and O–H groups in total. The molecule has 0 saturated heterocycles. The van der Waals surface area contributed by atoms with Gasteiger partial charge < -0.3 is 10.1 Å². The third-order valence-corrected chi connectivity index (χ3v) is 3.27. The number of halogens is 1. The maximum absolute atomic E-state index is 11.0. The average molecular weight is 307 g/mol. The second-order valence-corrected chi connectivity index (χ2v) is 4.84. The van der Waals surface area contributed by atoms with Crippen LogP contribution in [-0.2, 0) is 13.2 Å². The fourth-order valence-electron chi connectivity index (χ4n) is 2.01. The van der Waals surface area contributed by atoms with Gasteiger partial charge in [-0.15, -0.1) is 0 Å². The van der Waals surface area contributed by atoms with E-state index in [1.807, 2.05) is 19.2 Å². The lowest BCUT2D eigenvalue weighted by Gasteiger charge is -2.13. The Bertz CT molecular complexity index is 647. The molecule has 21 heavy (non-hydrogen) atoms. The number of nitrogens with one attached hydrogen (secondary N) is 1. The fraction of sp³-hybridized carbons (Fsp3) is 0.200. The molecule has 0 aromatic heterocycles. The lowest BCUT2D eigenvalue weighted by molar-refractivity contribution is -0.385. The molecule has 0 atom stereocenters. The second kappa shape index (κ2) is 7.06. The van der Waals surface area contributed by atoms with Crippen molar-refractivity contribution in [1.82, 2.24) is 5.32 Å². The van der Waals surface area contributed by atoms with Gasteiger partial charge in [-0.3, -0.25) is 10.1 Å². The highest BCUT2D eigenvalue weighted by Crippen LogP contribution is 2.30. The molecule has 0 heterocycles. The van der Waals surface area contributed by atoms with Crippen LogP contribution in [0.4, 0.5) is 5.69 Å². The molecule has 0 aliphatic carbocycles. The van der Waals surface area contributed by atoms with Gasteiger partial charge in [0, 0.05) is 18.2 Å². The van der Waals surface area contributed by atoms with Gasteiger partial charge in [0.05, 0.1) is 15.5 Å². The van der Waals surface area contributed by atoms with E-state index in [9.17, 15) is 10.1 Å². The van der Waals surface area contributed by atoms with E-state index in [1.54, 1.807) is 24.3 Å². The number of nitrogens with zero attached hydrogens (tertiary/aromatic N) is 1. The summed E-state index contributed by atoms with van der Waals surface area (Å²) >= 11 is 6.15. The Kier molecular flexibility index (Phi) is 5.14. The molecule has 0 bridgehead atoms. The lowest BCUT2D eigenvalue weighted by Crippen LogP contribution is -2.08. The SMILES string of the molecule is CNCc1cccc(Cl)c1OCc1ccccc1[N+](=O)[O-]. The van der Waals surface area contributed by atoms with Crippen LogP contribution < -0.4 is 10.1 Å². The van der Waals surface area contributed by atoms with Gasteiger partial charge in [-0.1, -0.05) is 35.9 Å². The van der Waals surface area contributed by atoms with E-state index < -0.39 is 4.92 Å². The monoisotopic (exact) mass is 306 g/mol. The van der Waals surface area contributed by atoms with Crippen LogP contribution in [0, 0.1) is 10.1 Å². The molecule has 0 fully saturated rings. The fourth-order valence-corrected chi connectivity index (χ4v) is 2.25. The zero-order chi connectivity index (χ0) is 15.2. The van der Waals surface area contributed by atoms with Crippen LogP contribution in [0.1, 0.15) is 11.1 Å². The third-order valence-electron chi connectivity index (χ3n) is 2.98. The van der Waals surface area contributed by atoms with Crippen LogP contribution in [0.15, 0.2) is 42.5 Å². The predicted molar refractivity (Wildman–Crippen MR) is 81.6 cm³/mol. The van der Waals surface area contributed by atoms with Gasteiger partial charge in [0.15, 0.2) is 0 Å². The van der Waals surface area contributed by atoms with Crippen molar-refractivity contribution < 1.29 is 9.66 Å². The summed E-state index contributed by atoms with van der Waals surface area (Å²) in [7, 11) is 1.83. The highest BCUT2D eigenvalue weighted by atomic mass is 35.5. The summed E-state index contributed by atoms with van der Waals surface area (Å²) in [5, 5.41) is 14.5. The molecule has 2 aromatic rings. The van der Waals surface area contributed by atoms with Crippen LogP contribution >= 0.6 is 11.6 Å². The number of hydrogen-bond acceptors (Lipinski definition) is 4. The molecular formula is C15H15ClN2O3. The molecule has 0 aliphatic heterocycles. The Balaban J connectivity index is 2.23. The van der Waals surface area contributed by atoms with Crippen molar-refractivity contribution in [3.8, 4) is 5.75 Å². The number of para-hydroxylation sites is 2. The van der Waals surface area contributed by atoms with Gasteiger partial charge in [-0.05, 0) is 19.2 Å².